The van der Waals surface area contributed by atoms with Crippen LogP contribution in [0, 0.1) is 62.1 Å². The third kappa shape index (κ3) is 5.60. The molecule has 1 unspecified atom stereocenters. The molecule has 0 bridgehead atoms. The Balaban J connectivity index is 1.26. The Morgan fingerprint density at radius 2 is 1.61 bits per heavy atom. The second-order valence-corrected chi connectivity index (χ2v) is 20.0. The number of fused-ring (bicyclic) bond motifs is 7. The number of carboxylic acid groups (broad SMARTS) is 1. The van der Waals surface area contributed by atoms with Gasteiger partial charge in [-0.3, -0.25) is 14.4 Å². The molecule has 6 rings (SSSR count). The van der Waals surface area contributed by atoms with E-state index in [0.717, 1.165) is 69.4 Å². The number of aliphatic hydroxyl groups is 1. The van der Waals surface area contributed by atoms with E-state index in [0.29, 0.717) is 30.7 Å². The number of allylic oxidation sites excluding steroid dienone is 1. The van der Waals surface area contributed by atoms with Gasteiger partial charge in [0.2, 0.25) is 0 Å². The largest absolute Gasteiger partial charge is 0.481 e. The van der Waals surface area contributed by atoms with Gasteiger partial charge in [-0.25, -0.2) is 0 Å². The van der Waals surface area contributed by atoms with E-state index >= 15 is 0 Å². The first-order valence-electron chi connectivity index (χ1n) is 19.8. The molecule has 0 aromatic heterocycles. The van der Waals surface area contributed by atoms with Crippen molar-refractivity contribution in [1.82, 2.24) is 5.32 Å². The van der Waals surface area contributed by atoms with Crippen molar-refractivity contribution in [2.45, 2.75) is 158 Å². The zero-order valence-corrected chi connectivity index (χ0v) is 32.2. The molecule has 0 radical (unpaired) electrons. The number of ketones is 1. The minimum Gasteiger partial charge on any atom is -0.481 e. The number of Topliss-reactive ketones (excluding diaryl/α,β-unsaturated/α-hetero) is 1. The quantitative estimate of drug-likeness (QED) is 0.200. The van der Waals surface area contributed by atoms with Crippen LogP contribution in [0.2, 0.25) is 0 Å². The van der Waals surface area contributed by atoms with Gasteiger partial charge >= 0.3 is 11.9 Å². The number of hydrogen-bond acceptors (Lipinski definition) is 6. The molecule has 9 atom stereocenters. The zero-order chi connectivity index (χ0) is 35.9. The third-order valence-electron chi connectivity index (χ3n) is 16.5. The summed E-state index contributed by atoms with van der Waals surface area (Å²) in [6, 6.07) is 0. The summed E-state index contributed by atoms with van der Waals surface area (Å²) in [6.45, 7) is 21.3. The lowest BCUT2D eigenvalue weighted by Crippen LogP contribution is -2.66. The molecule has 0 amide bonds. The van der Waals surface area contributed by atoms with Crippen LogP contribution in [0.15, 0.2) is 11.1 Å². The molecule has 276 valence electrons. The molecule has 49 heavy (non-hydrogen) atoms. The van der Waals surface area contributed by atoms with E-state index in [-0.39, 0.29) is 45.9 Å². The third-order valence-corrected chi connectivity index (χ3v) is 16.5. The van der Waals surface area contributed by atoms with Crippen molar-refractivity contribution in [1.29, 1.82) is 0 Å². The first-order valence-corrected chi connectivity index (χ1v) is 19.8. The fourth-order valence-corrected chi connectivity index (χ4v) is 13.2. The molecule has 0 aliphatic heterocycles. The molecule has 3 N–H and O–H groups in total. The Hall–Kier alpha value is -1.73. The van der Waals surface area contributed by atoms with E-state index in [4.69, 9.17) is 4.74 Å². The Labute approximate surface area is 296 Å². The summed E-state index contributed by atoms with van der Waals surface area (Å²) in [6.07, 6.45) is 11.5. The molecule has 7 nitrogen and oxygen atoms in total. The fourth-order valence-electron chi connectivity index (χ4n) is 13.2. The Bertz CT molecular complexity index is 1380. The summed E-state index contributed by atoms with van der Waals surface area (Å²) in [5, 5.41) is 25.3. The average molecular weight is 682 g/mol. The maximum Gasteiger partial charge on any atom is 0.309 e. The lowest BCUT2D eigenvalue weighted by atomic mass is 9.33. The van der Waals surface area contributed by atoms with Crippen LogP contribution in [-0.2, 0) is 19.1 Å². The van der Waals surface area contributed by atoms with Gasteiger partial charge in [-0.1, -0.05) is 60.5 Å². The van der Waals surface area contributed by atoms with Crippen LogP contribution >= 0.6 is 0 Å². The van der Waals surface area contributed by atoms with Gasteiger partial charge in [-0.05, 0) is 136 Å². The molecule has 6 aliphatic carbocycles. The predicted octanol–water partition coefficient (Wildman–Crippen LogP) is 8.13. The van der Waals surface area contributed by atoms with Crippen molar-refractivity contribution in [2.75, 3.05) is 13.1 Å². The molecule has 7 heteroatoms. The van der Waals surface area contributed by atoms with Gasteiger partial charge in [-0.15, -0.1) is 0 Å². The number of carbonyl (C=O) groups is 3. The van der Waals surface area contributed by atoms with Gasteiger partial charge in [0.15, 0.2) is 5.78 Å². The van der Waals surface area contributed by atoms with Gasteiger partial charge in [0.1, 0.15) is 6.10 Å². The van der Waals surface area contributed by atoms with Crippen molar-refractivity contribution >= 4 is 17.7 Å². The van der Waals surface area contributed by atoms with Crippen molar-refractivity contribution in [3.63, 3.8) is 0 Å². The lowest BCUT2D eigenvalue weighted by molar-refractivity contribution is -0.235. The molecule has 5 saturated carbocycles. The maximum absolute atomic E-state index is 13.9. The van der Waals surface area contributed by atoms with E-state index in [1.807, 2.05) is 0 Å². The lowest BCUT2D eigenvalue weighted by Gasteiger charge is -2.72. The minimum absolute atomic E-state index is 0.0302. The van der Waals surface area contributed by atoms with Crippen LogP contribution in [0.5, 0.6) is 0 Å². The summed E-state index contributed by atoms with van der Waals surface area (Å²) in [4.78, 5) is 38.7. The summed E-state index contributed by atoms with van der Waals surface area (Å²) in [7, 11) is 0. The number of ether oxygens (including phenoxy) is 1. The number of carbonyl (C=O) groups excluding carboxylic acids is 2. The van der Waals surface area contributed by atoms with Gasteiger partial charge in [0, 0.05) is 23.8 Å². The van der Waals surface area contributed by atoms with E-state index in [2.05, 4.69) is 53.8 Å². The number of aliphatic hydroxyl groups excluding tert-OH is 1. The zero-order valence-electron chi connectivity index (χ0n) is 32.2. The van der Waals surface area contributed by atoms with Crippen molar-refractivity contribution in [3.8, 4) is 0 Å². The second-order valence-electron chi connectivity index (χ2n) is 20.0. The van der Waals surface area contributed by atoms with Gasteiger partial charge in [0.05, 0.1) is 17.9 Å². The van der Waals surface area contributed by atoms with Crippen LogP contribution in [0.4, 0.5) is 0 Å². The molecular weight excluding hydrogens is 614 g/mol. The highest BCUT2D eigenvalue weighted by Crippen LogP contribution is 2.77. The molecular formula is C42H67NO6. The number of carboxylic acids is 1. The molecule has 0 saturated heterocycles. The van der Waals surface area contributed by atoms with Crippen molar-refractivity contribution in [3.05, 3.63) is 11.1 Å². The summed E-state index contributed by atoms with van der Waals surface area (Å²) < 4.78 is 6.16. The smallest absolute Gasteiger partial charge is 0.309 e. The Kier molecular flexibility index (Phi) is 9.41. The van der Waals surface area contributed by atoms with E-state index in [9.17, 15) is 24.6 Å². The summed E-state index contributed by atoms with van der Waals surface area (Å²) in [5.41, 5.74) is 0.760. The number of esters is 1. The van der Waals surface area contributed by atoms with Crippen molar-refractivity contribution in [2.24, 2.45) is 62.1 Å². The fraction of sp³-hybridized carbons (Fsp3) is 0.881. The molecule has 5 fully saturated rings. The average Bonchev–Trinajstić information content (AvgIpc) is 3.29. The number of aliphatic carboxylic acids is 1. The van der Waals surface area contributed by atoms with E-state index < -0.39 is 28.9 Å². The predicted molar refractivity (Wildman–Crippen MR) is 192 cm³/mol. The van der Waals surface area contributed by atoms with Crippen molar-refractivity contribution < 1.29 is 29.3 Å². The van der Waals surface area contributed by atoms with Gasteiger partial charge < -0.3 is 20.3 Å². The number of rotatable bonds is 10. The topological polar surface area (TPSA) is 113 Å². The van der Waals surface area contributed by atoms with Gasteiger partial charge in [-0.2, -0.15) is 0 Å². The maximum atomic E-state index is 13.9. The minimum atomic E-state index is -1.15. The molecule has 0 aromatic carbocycles. The van der Waals surface area contributed by atoms with E-state index in [1.54, 1.807) is 13.8 Å². The first-order chi connectivity index (χ1) is 22.7. The monoisotopic (exact) mass is 681 g/mol. The van der Waals surface area contributed by atoms with Crippen LogP contribution in [-0.4, -0.2) is 53.2 Å². The van der Waals surface area contributed by atoms with E-state index in [1.165, 1.54) is 24.8 Å². The van der Waals surface area contributed by atoms with Gasteiger partial charge in [0.25, 0.3) is 0 Å². The molecule has 6 aliphatic rings. The molecule has 0 aromatic rings. The molecule has 0 spiro atoms. The SMILES string of the molecule is CC(C)C1=C2[C@H]3CC[C@@H]4[C@@]5(C)CC[C@H](OC(=O)CC(C)(C)C(=O)O)C(C)(C)[C@@H]5CC[C@@]4(C)[C@]3(C)CCC2([C@H](O)CNCC2CCC2)CC1=O. The van der Waals surface area contributed by atoms with Crippen LogP contribution in [0.3, 0.4) is 0 Å². The normalized spacial score (nSPS) is 40.9. The highest BCUT2D eigenvalue weighted by Gasteiger charge is 2.70. The van der Waals surface area contributed by atoms with Crippen LogP contribution < -0.4 is 5.32 Å². The second kappa shape index (κ2) is 12.5. The standard InChI is InChI=1S/C42H67NO6/c1-25(2)34-28(44)21-42(31(45)24-43-23-26-11-10-12-26)20-19-40(8)27(35(34)42)13-14-30-39(7)17-16-32(49-33(46)22-37(3,4)36(47)48)38(5,6)29(39)15-18-41(30,40)9/h25-27,29-32,43,45H,10-24H2,1-9H3,(H,47,48)/t27-,29+,30-,31-,32+,39+,40-,41-,42?/m1/s1. The van der Waals surface area contributed by atoms with Crippen LogP contribution in [0.25, 0.3) is 0 Å². The highest BCUT2D eigenvalue weighted by atomic mass is 16.5. The molecule has 0 heterocycles. The Morgan fingerprint density at radius 3 is 2.22 bits per heavy atom. The Morgan fingerprint density at radius 1 is 0.918 bits per heavy atom. The number of hydrogen-bond donors (Lipinski definition) is 3. The van der Waals surface area contributed by atoms with Crippen LogP contribution in [0.1, 0.15) is 146 Å². The summed E-state index contributed by atoms with van der Waals surface area (Å²) >= 11 is 0. The number of nitrogens with one attached hydrogen (secondary N) is 1. The highest BCUT2D eigenvalue weighted by molar-refractivity contribution is 6.00. The summed E-state index contributed by atoms with van der Waals surface area (Å²) in [5.74, 6) is 0.977. The first kappa shape index (κ1) is 37.0.